The molecule has 1 unspecified atom stereocenters. The maximum atomic E-state index is 14.0. The minimum Gasteiger partial charge on any atom is -0.207 e. The lowest BCUT2D eigenvalue weighted by molar-refractivity contribution is 0.588. The van der Waals surface area contributed by atoms with Gasteiger partial charge in [0, 0.05) is 10.6 Å². The van der Waals surface area contributed by atoms with Crippen molar-refractivity contribution >= 4 is 39.1 Å². The van der Waals surface area contributed by atoms with Gasteiger partial charge in [0.2, 0.25) is 0 Å². The third-order valence-corrected chi connectivity index (χ3v) is 4.80. The first-order valence-electron chi connectivity index (χ1n) is 5.86. The van der Waals surface area contributed by atoms with E-state index in [1.807, 2.05) is 26.0 Å². The van der Waals surface area contributed by atoms with Crippen molar-refractivity contribution in [2.45, 2.75) is 18.7 Å². The normalized spacial score (nSPS) is 12.6. The minimum absolute atomic E-state index is 0.164. The molecule has 1 atom stereocenters. The SMILES string of the molecule is Cc1cc(Cl)c(C(Br)c2cc(F)c(Cl)cc2F)cc1C. The van der Waals surface area contributed by atoms with Gasteiger partial charge in [-0.1, -0.05) is 45.2 Å². The van der Waals surface area contributed by atoms with E-state index in [0.29, 0.717) is 10.6 Å². The van der Waals surface area contributed by atoms with Crippen LogP contribution >= 0.6 is 39.1 Å². The molecule has 2 rings (SSSR count). The van der Waals surface area contributed by atoms with E-state index in [2.05, 4.69) is 15.9 Å². The number of aryl methyl sites for hydroxylation is 2. The van der Waals surface area contributed by atoms with Crippen molar-refractivity contribution in [2.75, 3.05) is 0 Å². The Morgan fingerprint density at radius 3 is 2.10 bits per heavy atom. The van der Waals surface area contributed by atoms with Crippen molar-refractivity contribution in [3.8, 4) is 0 Å². The van der Waals surface area contributed by atoms with Crippen LogP contribution < -0.4 is 0 Å². The molecule has 0 aliphatic carbocycles. The molecule has 0 saturated heterocycles. The predicted octanol–water partition coefficient (Wildman–Crippen LogP) is 6.37. The maximum absolute atomic E-state index is 14.0. The first kappa shape index (κ1) is 15.7. The van der Waals surface area contributed by atoms with E-state index >= 15 is 0 Å². The molecule has 2 aromatic rings. The summed E-state index contributed by atoms with van der Waals surface area (Å²) in [6.07, 6.45) is 0. The highest BCUT2D eigenvalue weighted by Gasteiger charge is 2.20. The summed E-state index contributed by atoms with van der Waals surface area (Å²) in [5.41, 5.74) is 2.93. The summed E-state index contributed by atoms with van der Waals surface area (Å²) in [5, 5.41) is 0.266. The topological polar surface area (TPSA) is 0 Å². The summed E-state index contributed by atoms with van der Waals surface area (Å²) in [6.45, 7) is 3.88. The highest BCUT2D eigenvalue weighted by atomic mass is 79.9. The summed E-state index contributed by atoms with van der Waals surface area (Å²) in [5.74, 6) is -1.24. The average Bonchev–Trinajstić information content (AvgIpc) is 2.37. The van der Waals surface area contributed by atoms with Gasteiger partial charge < -0.3 is 0 Å². The molecule has 0 amide bonds. The molecule has 0 spiro atoms. The fraction of sp³-hybridized carbons (Fsp3) is 0.200. The van der Waals surface area contributed by atoms with E-state index in [-0.39, 0.29) is 10.6 Å². The van der Waals surface area contributed by atoms with Crippen LogP contribution in [0.5, 0.6) is 0 Å². The van der Waals surface area contributed by atoms with Gasteiger partial charge in [-0.3, -0.25) is 0 Å². The first-order valence-corrected chi connectivity index (χ1v) is 7.53. The highest BCUT2D eigenvalue weighted by Crippen LogP contribution is 2.38. The van der Waals surface area contributed by atoms with E-state index < -0.39 is 16.5 Å². The average molecular weight is 380 g/mol. The van der Waals surface area contributed by atoms with Gasteiger partial charge in [0.1, 0.15) is 11.6 Å². The summed E-state index contributed by atoms with van der Waals surface area (Å²) >= 11 is 15.1. The standard InChI is InChI=1S/C15H11BrCl2F2/c1-7-3-9(11(17)4-8(7)2)15(16)10-5-14(20)12(18)6-13(10)19/h3-6,15H,1-2H3. The maximum Gasteiger partial charge on any atom is 0.142 e. The van der Waals surface area contributed by atoms with Gasteiger partial charge in [-0.2, -0.15) is 0 Å². The predicted molar refractivity (Wildman–Crippen MR) is 83.1 cm³/mol. The second-order valence-corrected chi connectivity index (χ2v) is 6.34. The van der Waals surface area contributed by atoms with Crippen LogP contribution in [0.4, 0.5) is 8.78 Å². The number of rotatable bonds is 2. The molecule has 0 nitrogen and oxygen atoms in total. The fourth-order valence-corrected chi connectivity index (χ4v) is 3.24. The van der Waals surface area contributed by atoms with Gasteiger partial charge in [-0.15, -0.1) is 0 Å². The van der Waals surface area contributed by atoms with Crippen LogP contribution in [0.2, 0.25) is 10.0 Å². The zero-order valence-electron chi connectivity index (χ0n) is 10.8. The van der Waals surface area contributed by atoms with Gasteiger partial charge >= 0.3 is 0 Å². The molecular formula is C15H11BrCl2F2. The summed E-state index contributed by atoms with van der Waals surface area (Å²) in [4.78, 5) is -0.541. The Kier molecular flexibility index (Phi) is 4.73. The van der Waals surface area contributed by atoms with Crippen LogP contribution in [0.15, 0.2) is 24.3 Å². The Morgan fingerprint density at radius 1 is 0.850 bits per heavy atom. The van der Waals surface area contributed by atoms with E-state index in [1.165, 1.54) is 0 Å². The molecule has 106 valence electrons. The largest absolute Gasteiger partial charge is 0.207 e. The Bertz CT molecular complexity index is 614. The lowest BCUT2D eigenvalue weighted by atomic mass is 10.00. The summed E-state index contributed by atoms with van der Waals surface area (Å²) in [6, 6.07) is 5.73. The molecule has 0 heterocycles. The third-order valence-electron chi connectivity index (χ3n) is 3.20. The lowest BCUT2D eigenvalue weighted by Crippen LogP contribution is -2.00. The Morgan fingerprint density at radius 2 is 1.45 bits per heavy atom. The molecule has 2 aromatic carbocycles. The van der Waals surface area contributed by atoms with Crippen LogP contribution in [0, 0.1) is 25.5 Å². The Labute approximate surface area is 134 Å². The second-order valence-electron chi connectivity index (χ2n) is 4.61. The summed E-state index contributed by atoms with van der Waals surface area (Å²) in [7, 11) is 0. The zero-order valence-corrected chi connectivity index (χ0v) is 13.9. The van der Waals surface area contributed by atoms with Gasteiger partial charge in [0.05, 0.1) is 9.85 Å². The number of halogens is 5. The minimum atomic E-state index is -0.660. The van der Waals surface area contributed by atoms with Crippen molar-refractivity contribution in [3.63, 3.8) is 0 Å². The van der Waals surface area contributed by atoms with E-state index in [1.54, 1.807) is 0 Å². The molecule has 0 fully saturated rings. The first-order chi connectivity index (χ1) is 9.31. The van der Waals surface area contributed by atoms with Gasteiger partial charge in [-0.25, -0.2) is 8.78 Å². The van der Waals surface area contributed by atoms with E-state index in [9.17, 15) is 8.78 Å². The lowest BCUT2D eigenvalue weighted by Gasteiger charge is -2.16. The molecular weight excluding hydrogens is 369 g/mol. The van der Waals surface area contributed by atoms with Crippen LogP contribution in [-0.2, 0) is 0 Å². The smallest absolute Gasteiger partial charge is 0.142 e. The molecule has 20 heavy (non-hydrogen) atoms. The van der Waals surface area contributed by atoms with Crippen LogP contribution in [0.3, 0.4) is 0 Å². The number of hydrogen-bond acceptors (Lipinski definition) is 0. The Hall–Kier alpha value is -0.640. The van der Waals surface area contributed by atoms with E-state index in [0.717, 1.165) is 23.3 Å². The highest BCUT2D eigenvalue weighted by molar-refractivity contribution is 9.09. The van der Waals surface area contributed by atoms with Crippen LogP contribution in [-0.4, -0.2) is 0 Å². The molecule has 0 saturated carbocycles. The van der Waals surface area contributed by atoms with Gasteiger partial charge in [0.25, 0.3) is 0 Å². The van der Waals surface area contributed by atoms with Crippen molar-refractivity contribution < 1.29 is 8.78 Å². The molecule has 0 aromatic heterocycles. The zero-order chi connectivity index (χ0) is 15.0. The molecule has 5 heteroatoms. The third kappa shape index (κ3) is 3.00. The molecule has 0 radical (unpaired) electrons. The molecule has 0 aliphatic heterocycles. The summed E-state index contributed by atoms with van der Waals surface area (Å²) < 4.78 is 27.5. The quantitative estimate of drug-likeness (QED) is 0.420. The monoisotopic (exact) mass is 378 g/mol. The number of hydrogen-bond donors (Lipinski definition) is 0. The van der Waals surface area contributed by atoms with Crippen molar-refractivity contribution in [3.05, 3.63) is 68.2 Å². The van der Waals surface area contributed by atoms with Crippen molar-refractivity contribution in [2.24, 2.45) is 0 Å². The van der Waals surface area contributed by atoms with Crippen molar-refractivity contribution in [1.82, 2.24) is 0 Å². The van der Waals surface area contributed by atoms with Gasteiger partial charge in [0.15, 0.2) is 0 Å². The fourth-order valence-electron chi connectivity index (χ4n) is 1.90. The Balaban J connectivity index is 2.54. The van der Waals surface area contributed by atoms with Crippen LogP contribution in [0.25, 0.3) is 0 Å². The number of benzene rings is 2. The molecule has 0 aliphatic rings. The van der Waals surface area contributed by atoms with Crippen LogP contribution in [0.1, 0.15) is 27.1 Å². The number of alkyl halides is 1. The van der Waals surface area contributed by atoms with E-state index in [4.69, 9.17) is 23.2 Å². The van der Waals surface area contributed by atoms with Gasteiger partial charge in [-0.05, 0) is 48.7 Å². The molecule has 0 bridgehead atoms. The second kappa shape index (κ2) is 6.00. The molecule has 0 N–H and O–H groups in total. The van der Waals surface area contributed by atoms with Crippen molar-refractivity contribution in [1.29, 1.82) is 0 Å².